The molecule has 94 valence electrons. The fraction of sp³-hybridized carbons (Fsp3) is 0.538. The van der Waals surface area contributed by atoms with Gasteiger partial charge in [-0.15, -0.1) is 0 Å². The SMILES string of the molecule is NC(CO)CCN1CC(Oc2ccccc2)C1. The highest BCUT2D eigenvalue weighted by Gasteiger charge is 2.28. The van der Waals surface area contributed by atoms with Gasteiger partial charge in [-0.3, -0.25) is 4.90 Å². The molecule has 0 amide bonds. The molecule has 0 aromatic heterocycles. The molecule has 1 saturated heterocycles. The maximum absolute atomic E-state index is 8.82. The summed E-state index contributed by atoms with van der Waals surface area (Å²) in [6.45, 7) is 2.91. The first-order valence-electron chi connectivity index (χ1n) is 6.08. The Kier molecular flexibility index (Phi) is 4.36. The molecular formula is C13H20N2O2. The van der Waals surface area contributed by atoms with Gasteiger partial charge in [-0.25, -0.2) is 0 Å². The number of nitrogens with zero attached hydrogens (tertiary/aromatic N) is 1. The van der Waals surface area contributed by atoms with Crippen molar-refractivity contribution in [3.8, 4) is 5.75 Å². The van der Waals surface area contributed by atoms with E-state index < -0.39 is 0 Å². The predicted octanol–water partition coefficient (Wildman–Crippen LogP) is 0.459. The van der Waals surface area contributed by atoms with Gasteiger partial charge in [0.25, 0.3) is 0 Å². The number of hydrogen-bond acceptors (Lipinski definition) is 4. The molecule has 1 aromatic carbocycles. The van der Waals surface area contributed by atoms with Gasteiger partial charge in [-0.2, -0.15) is 0 Å². The Morgan fingerprint density at radius 2 is 2.06 bits per heavy atom. The second kappa shape index (κ2) is 6.00. The van der Waals surface area contributed by atoms with Gasteiger partial charge in [0.1, 0.15) is 11.9 Å². The summed E-state index contributed by atoms with van der Waals surface area (Å²) in [7, 11) is 0. The molecule has 1 unspecified atom stereocenters. The lowest BCUT2D eigenvalue weighted by molar-refractivity contribution is 0.0174. The predicted molar refractivity (Wildman–Crippen MR) is 67.0 cm³/mol. The highest BCUT2D eigenvalue weighted by Crippen LogP contribution is 2.17. The molecule has 0 bridgehead atoms. The van der Waals surface area contributed by atoms with Gasteiger partial charge in [0.15, 0.2) is 0 Å². The molecule has 1 aliphatic heterocycles. The van der Waals surface area contributed by atoms with Crippen molar-refractivity contribution in [2.24, 2.45) is 5.73 Å². The summed E-state index contributed by atoms with van der Waals surface area (Å²) < 4.78 is 5.79. The quantitative estimate of drug-likeness (QED) is 0.753. The lowest BCUT2D eigenvalue weighted by Gasteiger charge is -2.39. The van der Waals surface area contributed by atoms with Gasteiger partial charge >= 0.3 is 0 Å². The maximum Gasteiger partial charge on any atom is 0.124 e. The van der Waals surface area contributed by atoms with Gasteiger partial charge in [-0.05, 0) is 18.6 Å². The number of benzene rings is 1. The summed E-state index contributed by atoms with van der Waals surface area (Å²) in [5.41, 5.74) is 5.65. The molecule has 1 atom stereocenters. The molecule has 1 fully saturated rings. The Morgan fingerprint density at radius 3 is 2.71 bits per heavy atom. The Hall–Kier alpha value is -1.10. The molecule has 4 heteroatoms. The zero-order valence-corrected chi connectivity index (χ0v) is 9.96. The van der Waals surface area contributed by atoms with Crippen LogP contribution >= 0.6 is 0 Å². The van der Waals surface area contributed by atoms with Crippen LogP contribution in [0.1, 0.15) is 6.42 Å². The number of nitrogens with two attached hydrogens (primary N) is 1. The minimum Gasteiger partial charge on any atom is -0.488 e. The van der Waals surface area contributed by atoms with Crippen molar-refractivity contribution in [1.29, 1.82) is 0 Å². The van der Waals surface area contributed by atoms with E-state index in [-0.39, 0.29) is 12.6 Å². The average molecular weight is 236 g/mol. The van der Waals surface area contributed by atoms with Gasteiger partial charge in [0.2, 0.25) is 0 Å². The van der Waals surface area contributed by atoms with Crippen molar-refractivity contribution < 1.29 is 9.84 Å². The molecule has 1 heterocycles. The van der Waals surface area contributed by atoms with E-state index in [2.05, 4.69) is 4.90 Å². The Balaban J connectivity index is 1.63. The number of aliphatic hydroxyl groups is 1. The van der Waals surface area contributed by atoms with E-state index >= 15 is 0 Å². The van der Waals surface area contributed by atoms with Crippen LogP contribution in [0.2, 0.25) is 0 Å². The van der Waals surface area contributed by atoms with Gasteiger partial charge in [-0.1, -0.05) is 18.2 Å². The lowest BCUT2D eigenvalue weighted by atomic mass is 10.1. The van der Waals surface area contributed by atoms with Crippen LogP contribution in [-0.4, -0.2) is 48.4 Å². The second-order valence-electron chi connectivity index (χ2n) is 4.54. The molecular weight excluding hydrogens is 216 g/mol. The van der Waals surface area contributed by atoms with Crippen LogP contribution in [0.5, 0.6) is 5.75 Å². The zero-order chi connectivity index (χ0) is 12.1. The van der Waals surface area contributed by atoms with Crippen LogP contribution in [-0.2, 0) is 0 Å². The third kappa shape index (κ3) is 3.70. The topological polar surface area (TPSA) is 58.7 Å². The molecule has 3 N–H and O–H groups in total. The van der Waals surface area contributed by atoms with Crippen LogP contribution in [0.4, 0.5) is 0 Å². The number of aliphatic hydroxyl groups excluding tert-OH is 1. The number of rotatable bonds is 6. The Bertz CT molecular complexity index is 325. The van der Waals surface area contributed by atoms with Crippen LogP contribution in [0.15, 0.2) is 30.3 Å². The minimum absolute atomic E-state index is 0.0672. The van der Waals surface area contributed by atoms with E-state index in [0.717, 1.165) is 31.8 Å². The Morgan fingerprint density at radius 1 is 1.35 bits per heavy atom. The van der Waals surface area contributed by atoms with E-state index in [1.807, 2.05) is 30.3 Å². The summed E-state index contributed by atoms with van der Waals surface area (Å²) in [5.74, 6) is 0.934. The maximum atomic E-state index is 8.82. The number of likely N-dealkylation sites (tertiary alicyclic amines) is 1. The van der Waals surface area contributed by atoms with Crippen molar-refractivity contribution in [2.75, 3.05) is 26.2 Å². The van der Waals surface area contributed by atoms with Gasteiger partial charge in [0, 0.05) is 25.7 Å². The first-order valence-corrected chi connectivity index (χ1v) is 6.08. The van der Waals surface area contributed by atoms with Crippen molar-refractivity contribution in [3.63, 3.8) is 0 Å². The van der Waals surface area contributed by atoms with Crippen molar-refractivity contribution >= 4 is 0 Å². The number of ether oxygens (including phenoxy) is 1. The molecule has 0 saturated carbocycles. The molecule has 0 spiro atoms. The third-order valence-electron chi connectivity index (χ3n) is 3.02. The molecule has 0 aliphatic carbocycles. The third-order valence-corrected chi connectivity index (χ3v) is 3.02. The summed E-state index contributed by atoms with van der Waals surface area (Å²) in [6, 6.07) is 9.80. The average Bonchev–Trinajstić information content (AvgIpc) is 2.32. The lowest BCUT2D eigenvalue weighted by Crippen LogP contribution is -2.54. The number of hydrogen-bond donors (Lipinski definition) is 2. The monoisotopic (exact) mass is 236 g/mol. The minimum atomic E-state index is -0.0934. The van der Waals surface area contributed by atoms with Gasteiger partial charge < -0.3 is 15.6 Å². The normalized spacial score (nSPS) is 18.7. The summed E-state index contributed by atoms with van der Waals surface area (Å²) in [4.78, 5) is 2.29. The van der Waals surface area contributed by atoms with E-state index in [0.29, 0.717) is 6.10 Å². The van der Waals surface area contributed by atoms with E-state index in [1.165, 1.54) is 0 Å². The second-order valence-corrected chi connectivity index (χ2v) is 4.54. The van der Waals surface area contributed by atoms with Crippen LogP contribution < -0.4 is 10.5 Å². The fourth-order valence-electron chi connectivity index (χ4n) is 1.91. The zero-order valence-electron chi connectivity index (χ0n) is 9.96. The molecule has 1 aromatic rings. The van der Waals surface area contributed by atoms with Crippen LogP contribution in [0.3, 0.4) is 0 Å². The van der Waals surface area contributed by atoms with Crippen molar-refractivity contribution in [2.45, 2.75) is 18.6 Å². The summed E-state index contributed by atoms with van der Waals surface area (Å²) in [6.07, 6.45) is 1.14. The standard InChI is InChI=1S/C13H20N2O2/c14-11(10-16)6-7-15-8-13(9-15)17-12-4-2-1-3-5-12/h1-5,11,13,16H,6-10,14H2. The first-order chi connectivity index (χ1) is 8.28. The molecule has 17 heavy (non-hydrogen) atoms. The van der Waals surface area contributed by atoms with E-state index in [1.54, 1.807) is 0 Å². The fourth-order valence-corrected chi connectivity index (χ4v) is 1.91. The van der Waals surface area contributed by atoms with Crippen molar-refractivity contribution in [1.82, 2.24) is 4.90 Å². The molecule has 4 nitrogen and oxygen atoms in total. The smallest absolute Gasteiger partial charge is 0.124 e. The number of para-hydroxylation sites is 1. The summed E-state index contributed by atoms with van der Waals surface area (Å²) in [5, 5.41) is 8.82. The van der Waals surface area contributed by atoms with Gasteiger partial charge in [0.05, 0.1) is 6.61 Å². The summed E-state index contributed by atoms with van der Waals surface area (Å²) >= 11 is 0. The molecule has 1 aliphatic rings. The first kappa shape index (κ1) is 12.4. The van der Waals surface area contributed by atoms with Crippen LogP contribution in [0, 0.1) is 0 Å². The Labute approximate surface area is 102 Å². The highest BCUT2D eigenvalue weighted by molar-refractivity contribution is 5.21. The highest BCUT2D eigenvalue weighted by atomic mass is 16.5. The van der Waals surface area contributed by atoms with Crippen molar-refractivity contribution in [3.05, 3.63) is 30.3 Å². The van der Waals surface area contributed by atoms with E-state index in [4.69, 9.17) is 15.6 Å². The largest absolute Gasteiger partial charge is 0.488 e. The van der Waals surface area contributed by atoms with Crippen LogP contribution in [0.25, 0.3) is 0 Å². The molecule has 2 rings (SSSR count). The molecule has 0 radical (unpaired) electrons. The van der Waals surface area contributed by atoms with E-state index in [9.17, 15) is 0 Å².